The number of rotatable bonds is 9. The van der Waals surface area contributed by atoms with E-state index in [1.165, 1.54) is 60.7 Å². The number of carbonyl (C=O) groups excluding carboxylic acids is 4. The Hall–Kier alpha value is -5.11. The first-order chi connectivity index (χ1) is 19.6. The smallest absolute Gasteiger partial charge is 0.335 e. The van der Waals surface area contributed by atoms with Crippen LogP contribution in [0.3, 0.4) is 0 Å². The molecular formula is C27H20BrFN4O8. The van der Waals surface area contributed by atoms with Gasteiger partial charge in [0.1, 0.15) is 11.4 Å². The molecule has 1 heterocycles. The molecule has 1 saturated heterocycles. The quantitative estimate of drug-likeness (QED) is 0.151. The predicted octanol–water partition coefficient (Wildman–Crippen LogP) is 4.58. The van der Waals surface area contributed by atoms with Crippen molar-refractivity contribution in [3.05, 3.63) is 92.2 Å². The fourth-order valence-corrected chi connectivity index (χ4v) is 4.32. The molecule has 14 heteroatoms. The second-order valence-corrected chi connectivity index (χ2v) is 9.20. The van der Waals surface area contributed by atoms with Crippen molar-refractivity contribution in [2.75, 3.05) is 23.4 Å². The number of amides is 5. The lowest BCUT2D eigenvalue weighted by molar-refractivity contribution is -0.384. The largest absolute Gasteiger partial charge is 0.490 e. The number of hydrogen-bond donors (Lipinski definition) is 2. The van der Waals surface area contributed by atoms with Gasteiger partial charge in [-0.3, -0.25) is 29.8 Å². The van der Waals surface area contributed by atoms with Crippen LogP contribution in [0, 0.1) is 15.9 Å². The van der Waals surface area contributed by atoms with E-state index in [4.69, 9.17) is 9.47 Å². The van der Waals surface area contributed by atoms with Gasteiger partial charge in [-0.1, -0.05) is 6.07 Å². The van der Waals surface area contributed by atoms with E-state index in [9.17, 15) is 33.7 Å². The number of imide groups is 2. The lowest BCUT2D eigenvalue weighted by Gasteiger charge is -2.26. The number of halogens is 2. The summed E-state index contributed by atoms with van der Waals surface area (Å²) in [5.41, 5.74) is -0.191. The van der Waals surface area contributed by atoms with E-state index in [0.29, 0.717) is 20.6 Å². The molecular weight excluding hydrogens is 607 g/mol. The number of nitrogens with zero attached hydrogens (tertiary/aromatic N) is 2. The molecule has 1 aliphatic heterocycles. The van der Waals surface area contributed by atoms with Crippen LogP contribution in [0.15, 0.2) is 70.7 Å². The fraction of sp³-hybridized carbons (Fsp3) is 0.111. The first-order valence-electron chi connectivity index (χ1n) is 11.9. The third-order valence-corrected chi connectivity index (χ3v) is 6.11. The molecule has 210 valence electrons. The summed E-state index contributed by atoms with van der Waals surface area (Å²) in [7, 11) is 0. The van der Waals surface area contributed by atoms with Crippen molar-refractivity contribution in [2.24, 2.45) is 0 Å². The molecule has 0 spiro atoms. The van der Waals surface area contributed by atoms with E-state index < -0.39 is 46.7 Å². The number of urea groups is 1. The monoisotopic (exact) mass is 626 g/mol. The van der Waals surface area contributed by atoms with E-state index in [1.807, 2.05) is 0 Å². The summed E-state index contributed by atoms with van der Waals surface area (Å²) >= 11 is 3.35. The van der Waals surface area contributed by atoms with Gasteiger partial charge >= 0.3 is 6.03 Å². The molecule has 0 unspecified atom stereocenters. The summed E-state index contributed by atoms with van der Waals surface area (Å²) in [5.74, 6) is -2.59. The summed E-state index contributed by atoms with van der Waals surface area (Å²) in [6.07, 6.45) is 1.22. The Morgan fingerprint density at radius 3 is 2.54 bits per heavy atom. The molecule has 1 fully saturated rings. The predicted molar refractivity (Wildman–Crippen MR) is 148 cm³/mol. The molecule has 3 aromatic rings. The van der Waals surface area contributed by atoms with Crippen LogP contribution in [-0.4, -0.2) is 41.9 Å². The van der Waals surface area contributed by atoms with Gasteiger partial charge in [-0.25, -0.2) is 14.1 Å². The number of carbonyl (C=O) groups is 4. The zero-order chi connectivity index (χ0) is 29.7. The molecule has 41 heavy (non-hydrogen) atoms. The van der Waals surface area contributed by atoms with Gasteiger partial charge in [0.15, 0.2) is 18.1 Å². The molecule has 0 radical (unpaired) electrons. The van der Waals surface area contributed by atoms with Crippen LogP contribution >= 0.6 is 15.9 Å². The van der Waals surface area contributed by atoms with Gasteiger partial charge in [-0.05, 0) is 77.0 Å². The summed E-state index contributed by atoms with van der Waals surface area (Å²) in [6.45, 7) is 1.50. The topological polar surface area (TPSA) is 157 Å². The van der Waals surface area contributed by atoms with E-state index in [2.05, 4.69) is 26.6 Å². The van der Waals surface area contributed by atoms with Crippen LogP contribution in [0.2, 0.25) is 0 Å². The molecule has 0 atom stereocenters. The summed E-state index contributed by atoms with van der Waals surface area (Å²) in [5, 5.41) is 15.8. The standard InChI is InChI=1S/C27H20BrFN4O8/c1-2-40-22-12-15(11-21(28)24(22)41-14-23(34)30-17-8-6-16(29)7-9-17)10-20-25(35)31-27(37)32(26(20)36)18-4-3-5-19(13-18)33(38)39/h3-13H,2,14H2,1H3,(H,30,34)(H,31,35,37)/b20-10-. The third-order valence-electron chi connectivity index (χ3n) is 5.52. The zero-order valence-corrected chi connectivity index (χ0v) is 22.8. The zero-order valence-electron chi connectivity index (χ0n) is 21.2. The molecule has 0 bridgehead atoms. The van der Waals surface area contributed by atoms with Crippen LogP contribution in [0.1, 0.15) is 12.5 Å². The van der Waals surface area contributed by atoms with Crippen molar-refractivity contribution in [1.29, 1.82) is 0 Å². The number of hydrogen-bond acceptors (Lipinski definition) is 8. The van der Waals surface area contributed by atoms with Crippen LogP contribution in [0.5, 0.6) is 11.5 Å². The van der Waals surface area contributed by atoms with Gasteiger partial charge in [-0.15, -0.1) is 0 Å². The minimum absolute atomic E-state index is 0.0982. The van der Waals surface area contributed by atoms with E-state index >= 15 is 0 Å². The number of nitrogens with one attached hydrogen (secondary N) is 2. The molecule has 3 aromatic carbocycles. The summed E-state index contributed by atoms with van der Waals surface area (Å²) in [4.78, 5) is 61.7. The average molecular weight is 627 g/mol. The maximum atomic E-state index is 13.2. The molecule has 2 N–H and O–H groups in total. The van der Waals surface area contributed by atoms with Crippen molar-refractivity contribution < 1.29 is 38.0 Å². The van der Waals surface area contributed by atoms with E-state index in [-0.39, 0.29) is 29.5 Å². The van der Waals surface area contributed by atoms with Crippen molar-refractivity contribution in [3.63, 3.8) is 0 Å². The lowest BCUT2D eigenvalue weighted by atomic mass is 10.1. The Bertz CT molecular complexity index is 1590. The molecule has 0 saturated carbocycles. The Kier molecular flexibility index (Phi) is 8.72. The van der Waals surface area contributed by atoms with Crippen molar-refractivity contribution in [3.8, 4) is 11.5 Å². The maximum Gasteiger partial charge on any atom is 0.335 e. The Morgan fingerprint density at radius 2 is 1.85 bits per heavy atom. The molecule has 1 aliphatic rings. The highest BCUT2D eigenvalue weighted by Gasteiger charge is 2.37. The number of nitro benzene ring substituents is 1. The van der Waals surface area contributed by atoms with Crippen LogP contribution < -0.4 is 25.0 Å². The first-order valence-corrected chi connectivity index (χ1v) is 12.7. The maximum absolute atomic E-state index is 13.2. The summed E-state index contributed by atoms with van der Waals surface area (Å²) in [6, 6.07) is 11.9. The molecule has 12 nitrogen and oxygen atoms in total. The minimum Gasteiger partial charge on any atom is -0.490 e. The molecule has 0 aromatic heterocycles. The average Bonchev–Trinajstić information content (AvgIpc) is 2.92. The van der Waals surface area contributed by atoms with E-state index in [0.717, 1.165) is 6.07 Å². The SMILES string of the molecule is CCOc1cc(/C=C2/C(=O)NC(=O)N(c3cccc([N+](=O)[O-])c3)C2=O)cc(Br)c1OCC(=O)Nc1ccc(F)cc1. The van der Waals surface area contributed by atoms with Crippen LogP contribution in [0.4, 0.5) is 26.2 Å². The number of non-ortho nitro benzene ring substituents is 1. The Labute approximate surface area is 240 Å². The number of barbiturate groups is 1. The summed E-state index contributed by atoms with van der Waals surface area (Å²) < 4.78 is 24.7. The Morgan fingerprint density at radius 1 is 1.12 bits per heavy atom. The highest BCUT2D eigenvalue weighted by atomic mass is 79.9. The van der Waals surface area contributed by atoms with Crippen molar-refractivity contribution in [1.82, 2.24) is 5.32 Å². The van der Waals surface area contributed by atoms with Crippen molar-refractivity contribution >= 4 is 62.8 Å². The van der Waals surface area contributed by atoms with Gasteiger partial charge in [0, 0.05) is 17.8 Å². The number of nitro groups is 1. The highest BCUT2D eigenvalue weighted by molar-refractivity contribution is 9.10. The number of anilines is 2. The second-order valence-electron chi connectivity index (χ2n) is 8.34. The second kappa shape index (κ2) is 12.4. The van der Waals surface area contributed by atoms with Gasteiger partial charge < -0.3 is 14.8 Å². The Balaban J connectivity index is 1.59. The third kappa shape index (κ3) is 6.73. The number of ether oxygens (including phenoxy) is 2. The van der Waals surface area contributed by atoms with Gasteiger partial charge in [0.2, 0.25) is 0 Å². The van der Waals surface area contributed by atoms with E-state index in [1.54, 1.807) is 6.92 Å². The first kappa shape index (κ1) is 28.9. The lowest BCUT2D eigenvalue weighted by Crippen LogP contribution is -2.54. The number of benzene rings is 3. The normalized spacial score (nSPS) is 14.1. The van der Waals surface area contributed by atoms with Crippen LogP contribution in [0.25, 0.3) is 6.08 Å². The fourth-order valence-electron chi connectivity index (χ4n) is 3.75. The van der Waals surface area contributed by atoms with Gasteiger partial charge in [0.05, 0.1) is 21.7 Å². The minimum atomic E-state index is -1.06. The van der Waals surface area contributed by atoms with Gasteiger partial charge in [-0.2, -0.15) is 0 Å². The molecule has 4 rings (SSSR count). The molecule has 5 amide bonds. The van der Waals surface area contributed by atoms with Gasteiger partial charge in [0.25, 0.3) is 23.4 Å². The highest BCUT2D eigenvalue weighted by Crippen LogP contribution is 2.38. The molecule has 0 aliphatic carbocycles. The van der Waals surface area contributed by atoms with Crippen LogP contribution in [-0.2, 0) is 14.4 Å². The van der Waals surface area contributed by atoms with Crippen molar-refractivity contribution in [2.45, 2.75) is 6.92 Å².